The molecule has 0 spiro atoms. The number of ether oxygens (including phenoxy) is 1. The zero-order chi connectivity index (χ0) is 21.5. The van der Waals surface area contributed by atoms with E-state index in [1.165, 1.54) is 5.56 Å². The second-order valence-electron chi connectivity index (χ2n) is 7.75. The van der Waals surface area contributed by atoms with Gasteiger partial charge in [-0.2, -0.15) is 0 Å². The van der Waals surface area contributed by atoms with E-state index in [2.05, 4.69) is 36.4 Å². The Morgan fingerprint density at radius 3 is 2.23 bits per heavy atom. The summed E-state index contributed by atoms with van der Waals surface area (Å²) >= 11 is 6.26. The summed E-state index contributed by atoms with van der Waals surface area (Å²) in [5.74, 6) is 0.388. The van der Waals surface area contributed by atoms with Gasteiger partial charge < -0.3 is 9.84 Å². The molecule has 0 heterocycles. The van der Waals surface area contributed by atoms with Crippen molar-refractivity contribution in [3.05, 3.63) is 88.9 Å². The Labute approximate surface area is 183 Å². The van der Waals surface area contributed by atoms with Crippen LogP contribution in [0.1, 0.15) is 36.2 Å². The van der Waals surface area contributed by atoms with Gasteiger partial charge in [0.25, 0.3) is 0 Å². The van der Waals surface area contributed by atoms with Crippen molar-refractivity contribution in [2.75, 3.05) is 6.61 Å². The predicted molar refractivity (Wildman–Crippen MR) is 122 cm³/mol. The highest BCUT2D eigenvalue weighted by Gasteiger charge is 2.17. The van der Waals surface area contributed by atoms with E-state index < -0.39 is 0 Å². The van der Waals surface area contributed by atoms with Crippen LogP contribution in [0, 0.1) is 5.92 Å². The highest BCUT2D eigenvalue weighted by molar-refractivity contribution is 6.32. The second kappa shape index (κ2) is 10.4. The molecule has 0 aliphatic rings. The van der Waals surface area contributed by atoms with Gasteiger partial charge in [0, 0.05) is 18.6 Å². The van der Waals surface area contributed by atoms with Crippen LogP contribution in [0.5, 0.6) is 5.75 Å². The van der Waals surface area contributed by atoms with Crippen LogP contribution in [0.15, 0.2) is 72.8 Å². The van der Waals surface area contributed by atoms with Crippen LogP contribution in [0.2, 0.25) is 5.02 Å². The smallest absolute Gasteiger partial charge is 0.163 e. The molecule has 0 radical (unpaired) electrons. The quantitative estimate of drug-likeness (QED) is 0.416. The first kappa shape index (κ1) is 22.1. The van der Waals surface area contributed by atoms with Gasteiger partial charge in [-0.1, -0.05) is 66.2 Å². The molecule has 0 aliphatic heterocycles. The van der Waals surface area contributed by atoms with Crippen molar-refractivity contribution in [1.82, 2.24) is 0 Å². The molecule has 3 aromatic rings. The zero-order valence-corrected chi connectivity index (χ0v) is 18.1. The standard InChI is InChI=1S/C26H27ClO3/c1-18(2)30-26-13-12-23(16-24(26)27)25(29)15-20(17-28)14-19-8-10-22(11-9-19)21-6-4-3-5-7-21/h3-13,16,18,20,28H,14-15,17H2,1-2H3/t20-/m1/s1. The van der Waals surface area contributed by atoms with E-state index in [-0.39, 0.29) is 30.8 Å². The molecule has 3 aromatic carbocycles. The molecule has 0 aliphatic carbocycles. The summed E-state index contributed by atoms with van der Waals surface area (Å²) in [6, 6.07) is 23.6. The molecule has 3 nitrogen and oxygen atoms in total. The maximum absolute atomic E-state index is 12.7. The second-order valence-corrected chi connectivity index (χ2v) is 8.16. The van der Waals surface area contributed by atoms with Crippen LogP contribution >= 0.6 is 11.6 Å². The summed E-state index contributed by atoms with van der Waals surface area (Å²) in [7, 11) is 0. The van der Waals surface area contributed by atoms with E-state index in [4.69, 9.17) is 16.3 Å². The van der Waals surface area contributed by atoms with E-state index >= 15 is 0 Å². The van der Waals surface area contributed by atoms with Gasteiger partial charge in [-0.15, -0.1) is 0 Å². The molecule has 0 fully saturated rings. The molecule has 0 aromatic heterocycles. The lowest BCUT2D eigenvalue weighted by Gasteiger charge is -2.15. The highest BCUT2D eigenvalue weighted by atomic mass is 35.5. The maximum atomic E-state index is 12.7. The first-order valence-corrected chi connectivity index (χ1v) is 10.6. The molecule has 0 unspecified atom stereocenters. The minimum absolute atomic E-state index is 0.0103. The van der Waals surface area contributed by atoms with E-state index in [1.807, 2.05) is 32.0 Å². The van der Waals surface area contributed by atoms with Crippen LogP contribution in [0.4, 0.5) is 0 Å². The lowest BCUT2D eigenvalue weighted by Crippen LogP contribution is -2.15. The SMILES string of the molecule is CC(C)Oc1ccc(C(=O)C[C@H](CO)Cc2ccc(-c3ccccc3)cc2)cc1Cl. The Hall–Kier alpha value is -2.62. The average Bonchev–Trinajstić information content (AvgIpc) is 2.75. The monoisotopic (exact) mass is 422 g/mol. The van der Waals surface area contributed by atoms with Crippen molar-refractivity contribution >= 4 is 17.4 Å². The fourth-order valence-corrected chi connectivity index (χ4v) is 3.63. The Morgan fingerprint density at radius 2 is 1.63 bits per heavy atom. The average molecular weight is 423 g/mol. The minimum Gasteiger partial charge on any atom is -0.489 e. The van der Waals surface area contributed by atoms with Gasteiger partial charge in [-0.05, 0) is 61.1 Å². The van der Waals surface area contributed by atoms with Gasteiger partial charge in [0.2, 0.25) is 0 Å². The van der Waals surface area contributed by atoms with Crippen molar-refractivity contribution in [2.24, 2.45) is 5.92 Å². The number of aliphatic hydroxyl groups is 1. The van der Waals surface area contributed by atoms with Crippen LogP contribution < -0.4 is 4.74 Å². The molecule has 0 bridgehead atoms. The van der Waals surface area contributed by atoms with Crippen LogP contribution in [-0.2, 0) is 6.42 Å². The third kappa shape index (κ3) is 5.94. The Morgan fingerprint density at radius 1 is 0.967 bits per heavy atom. The van der Waals surface area contributed by atoms with Crippen molar-refractivity contribution in [3.8, 4) is 16.9 Å². The number of aliphatic hydroxyl groups excluding tert-OH is 1. The van der Waals surface area contributed by atoms with Crippen LogP contribution in [0.25, 0.3) is 11.1 Å². The van der Waals surface area contributed by atoms with Crippen LogP contribution in [0.3, 0.4) is 0 Å². The Balaban J connectivity index is 1.64. The first-order valence-electron chi connectivity index (χ1n) is 10.2. The van der Waals surface area contributed by atoms with E-state index in [0.29, 0.717) is 22.8 Å². The van der Waals surface area contributed by atoms with Gasteiger partial charge in [0.05, 0.1) is 11.1 Å². The van der Waals surface area contributed by atoms with Crippen molar-refractivity contribution in [3.63, 3.8) is 0 Å². The van der Waals surface area contributed by atoms with E-state index in [9.17, 15) is 9.90 Å². The first-order chi connectivity index (χ1) is 14.5. The molecule has 4 heteroatoms. The van der Waals surface area contributed by atoms with Gasteiger partial charge >= 0.3 is 0 Å². The number of Topliss-reactive ketones (excluding diaryl/α,β-unsaturated/α-hetero) is 1. The normalized spacial score (nSPS) is 12.0. The van der Waals surface area contributed by atoms with Crippen molar-refractivity contribution in [1.29, 1.82) is 0 Å². The summed E-state index contributed by atoms with van der Waals surface area (Å²) in [6.45, 7) is 3.80. The van der Waals surface area contributed by atoms with Gasteiger partial charge in [0.15, 0.2) is 5.78 Å². The molecule has 156 valence electrons. The summed E-state index contributed by atoms with van der Waals surface area (Å²) < 4.78 is 5.62. The zero-order valence-electron chi connectivity index (χ0n) is 17.3. The number of carbonyl (C=O) groups is 1. The summed E-state index contributed by atoms with van der Waals surface area (Å²) in [5.41, 5.74) is 3.95. The topological polar surface area (TPSA) is 46.5 Å². The third-order valence-electron chi connectivity index (χ3n) is 4.93. The molecule has 1 N–H and O–H groups in total. The number of benzene rings is 3. The highest BCUT2D eigenvalue weighted by Crippen LogP contribution is 2.28. The fourth-order valence-electron chi connectivity index (χ4n) is 3.40. The van der Waals surface area contributed by atoms with Gasteiger partial charge in [0.1, 0.15) is 5.75 Å². The van der Waals surface area contributed by atoms with Crippen molar-refractivity contribution in [2.45, 2.75) is 32.8 Å². The number of hydrogen-bond donors (Lipinski definition) is 1. The molecule has 0 saturated carbocycles. The lowest BCUT2D eigenvalue weighted by molar-refractivity contribution is 0.0936. The summed E-state index contributed by atoms with van der Waals surface area (Å²) in [5, 5.41) is 10.2. The van der Waals surface area contributed by atoms with Gasteiger partial charge in [-0.3, -0.25) is 4.79 Å². The molecule has 3 rings (SSSR count). The van der Waals surface area contributed by atoms with Crippen LogP contribution in [-0.4, -0.2) is 23.6 Å². The van der Waals surface area contributed by atoms with E-state index in [0.717, 1.165) is 11.1 Å². The summed E-state index contributed by atoms with van der Waals surface area (Å²) in [6.07, 6.45) is 0.910. The maximum Gasteiger partial charge on any atom is 0.163 e. The molecule has 0 saturated heterocycles. The molecule has 1 atom stereocenters. The molecule has 30 heavy (non-hydrogen) atoms. The number of halogens is 1. The summed E-state index contributed by atoms with van der Waals surface area (Å²) in [4.78, 5) is 12.7. The molecular formula is C26H27ClO3. The van der Waals surface area contributed by atoms with E-state index in [1.54, 1.807) is 18.2 Å². The lowest BCUT2D eigenvalue weighted by atomic mass is 9.92. The fraction of sp³-hybridized carbons (Fsp3) is 0.269. The van der Waals surface area contributed by atoms with Crippen molar-refractivity contribution < 1.29 is 14.6 Å². The Bertz CT molecular complexity index is 965. The number of ketones is 1. The Kier molecular flexibility index (Phi) is 7.67. The number of rotatable bonds is 9. The minimum atomic E-state index is -0.148. The largest absolute Gasteiger partial charge is 0.489 e. The van der Waals surface area contributed by atoms with Gasteiger partial charge in [-0.25, -0.2) is 0 Å². The number of hydrogen-bond acceptors (Lipinski definition) is 3. The third-order valence-corrected chi connectivity index (χ3v) is 5.23. The predicted octanol–water partition coefficient (Wildman–Crippen LogP) is 6.22. The number of carbonyl (C=O) groups excluding carboxylic acids is 1. The molecular weight excluding hydrogens is 396 g/mol. The molecule has 0 amide bonds.